The monoisotopic (exact) mass is 504 g/mol. The Morgan fingerprint density at radius 1 is 1.03 bits per heavy atom. The van der Waals surface area contributed by atoms with E-state index in [1.807, 2.05) is 42.5 Å². The standard InChI is InChI=1S/C29H36N4O4/c34-28(30-20-29(11-1-2-12-29)33-13-17-36-18-14-33)22-5-8-26-25(19-22)27(32-31-26)21-3-6-23(7-4-21)37-24-9-15-35-16-10-24/h3-8,19,24H,1-2,9-18,20H2,(H,30,34)(H,31,32). The van der Waals surface area contributed by atoms with Crippen molar-refractivity contribution in [1.29, 1.82) is 0 Å². The average molecular weight is 505 g/mol. The zero-order chi connectivity index (χ0) is 25.1. The third kappa shape index (κ3) is 5.23. The fourth-order valence-corrected chi connectivity index (χ4v) is 6.08. The molecule has 2 aliphatic heterocycles. The zero-order valence-corrected chi connectivity index (χ0v) is 21.3. The molecule has 0 atom stereocenters. The molecule has 1 amide bonds. The number of carbonyl (C=O) groups excluding carboxylic acids is 1. The van der Waals surface area contributed by atoms with Gasteiger partial charge in [-0.2, -0.15) is 5.10 Å². The van der Waals surface area contributed by atoms with Gasteiger partial charge in [0.2, 0.25) is 0 Å². The van der Waals surface area contributed by atoms with E-state index in [0.717, 1.165) is 93.1 Å². The second-order valence-electron chi connectivity index (χ2n) is 10.5. The van der Waals surface area contributed by atoms with Crippen molar-refractivity contribution in [2.75, 3.05) is 46.1 Å². The highest BCUT2D eigenvalue weighted by Crippen LogP contribution is 2.35. The molecule has 2 aromatic carbocycles. The number of benzene rings is 2. The minimum Gasteiger partial charge on any atom is -0.490 e. The molecule has 196 valence electrons. The Morgan fingerprint density at radius 2 is 1.76 bits per heavy atom. The molecule has 8 heteroatoms. The SMILES string of the molecule is O=C(NCC1(N2CCOCC2)CCCC1)c1ccc2[nH]nc(-c3ccc(OC4CCOCC4)cc3)c2c1. The van der Waals surface area contributed by atoms with Gasteiger partial charge in [-0.05, 0) is 55.3 Å². The lowest BCUT2D eigenvalue weighted by atomic mass is 9.94. The second kappa shape index (κ2) is 10.8. The van der Waals surface area contributed by atoms with Crippen LogP contribution in [0.15, 0.2) is 42.5 Å². The van der Waals surface area contributed by atoms with Crippen LogP contribution in [0.25, 0.3) is 22.2 Å². The highest BCUT2D eigenvalue weighted by atomic mass is 16.5. The Balaban J connectivity index is 1.16. The number of hydrogen-bond donors (Lipinski definition) is 2. The lowest BCUT2D eigenvalue weighted by Gasteiger charge is -2.43. The van der Waals surface area contributed by atoms with Gasteiger partial charge in [-0.15, -0.1) is 0 Å². The van der Waals surface area contributed by atoms with Crippen molar-refractivity contribution in [3.05, 3.63) is 48.0 Å². The molecule has 0 spiro atoms. The number of rotatable bonds is 7. The molecule has 6 rings (SSSR count). The summed E-state index contributed by atoms with van der Waals surface area (Å²) >= 11 is 0. The number of carbonyl (C=O) groups is 1. The van der Waals surface area contributed by atoms with Crippen LogP contribution >= 0.6 is 0 Å². The van der Waals surface area contributed by atoms with Gasteiger partial charge < -0.3 is 19.5 Å². The number of H-pyrrole nitrogens is 1. The van der Waals surface area contributed by atoms with Gasteiger partial charge in [0.15, 0.2) is 0 Å². The predicted octanol–water partition coefficient (Wildman–Crippen LogP) is 4.16. The lowest BCUT2D eigenvalue weighted by molar-refractivity contribution is -0.0199. The van der Waals surface area contributed by atoms with E-state index in [-0.39, 0.29) is 17.6 Å². The van der Waals surface area contributed by atoms with E-state index in [2.05, 4.69) is 20.4 Å². The van der Waals surface area contributed by atoms with Crippen LogP contribution in [0.5, 0.6) is 5.75 Å². The summed E-state index contributed by atoms with van der Waals surface area (Å²) in [5.74, 6) is 0.825. The molecule has 0 unspecified atom stereocenters. The number of nitrogens with one attached hydrogen (secondary N) is 2. The van der Waals surface area contributed by atoms with Crippen LogP contribution in [0.3, 0.4) is 0 Å². The predicted molar refractivity (Wildman–Crippen MR) is 142 cm³/mol. The summed E-state index contributed by atoms with van der Waals surface area (Å²) < 4.78 is 17.1. The summed E-state index contributed by atoms with van der Waals surface area (Å²) in [6, 6.07) is 13.8. The van der Waals surface area contributed by atoms with Crippen molar-refractivity contribution < 1.29 is 19.0 Å². The fraction of sp³-hybridized carbons (Fsp3) is 0.517. The lowest BCUT2D eigenvalue weighted by Crippen LogP contribution is -2.57. The Bertz CT molecular complexity index is 1210. The summed E-state index contributed by atoms with van der Waals surface area (Å²) in [7, 11) is 0. The fourth-order valence-electron chi connectivity index (χ4n) is 6.08. The minimum absolute atomic E-state index is 0.0335. The van der Waals surface area contributed by atoms with Crippen LogP contribution in [0.2, 0.25) is 0 Å². The highest BCUT2D eigenvalue weighted by molar-refractivity contribution is 6.01. The molecule has 3 fully saturated rings. The van der Waals surface area contributed by atoms with Crippen LogP contribution < -0.4 is 10.1 Å². The highest BCUT2D eigenvalue weighted by Gasteiger charge is 2.40. The molecule has 1 aromatic heterocycles. The first-order chi connectivity index (χ1) is 18.2. The molecule has 2 saturated heterocycles. The second-order valence-corrected chi connectivity index (χ2v) is 10.5. The van der Waals surface area contributed by atoms with Crippen LogP contribution in [0, 0.1) is 0 Å². The molecular formula is C29H36N4O4. The molecule has 0 bridgehead atoms. The number of morpholine rings is 1. The largest absolute Gasteiger partial charge is 0.490 e. The number of aromatic amines is 1. The molecule has 2 N–H and O–H groups in total. The molecule has 3 aliphatic rings. The number of fused-ring (bicyclic) bond motifs is 1. The van der Waals surface area contributed by atoms with E-state index >= 15 is 0 Å². The number of aromatic nitrogens is 2. The first kappa shape index (κ1) is 24.4. The van der Waals surface area contributed by atoms with E-state index in [1.165, 1.54) is 12.8 Å². The third-order valence-corrected chi connectivity index (χ3v) is 8.22. The number of amides is 1. The number of ether oxygens (including phenoxy) is 3. The molecule has 3 aromatic rings. The summed E-state index contributed by atoms with van der Waals surface area (Å²) in [6.45, 7) is 5.63. The molecule has 0 radical (unpaired) electrons. The summed E-state index contributed by atoms with van der Waals surface area (Å²) in [6.07, 6.45) is 6.75. The number of nitrogens with zero attached hydrogens (tertiary/aromatic N) is 2. The van der Waals surface area contributed by atoms with Crippen molar-refractivity contribution in [2.24, 2.45) is 0 Å². The Kier molecular flexibility index (Phi) is 7.13. The Morgan fingerprint density at radius 3 is 2.51 bits per heavy atom. The Hall–Kier alpha value is -2.94. The normalized spacial score (nSPS) is 20.8. The van der Waals surface area contributed by atoms with Crippen LogP contribution in [-0.2, 0) is 9.47 Å². The smallest absolute Gasteiger partial charge is 0.251 e. The van der Waals surface area contributed by atoms with E-state index < -0.39 is 0 Å². The van der Waals surface area contributed by atoms with Gasteiger partial charge in [0.1, 0.15) is 11.9 Å². The number of hydrogen-bond acceptors (Lipinski definition) is 6. The molecule has 1 aliphatic carbocycles. The maximum atomic E-state index is 13.3. The van der Waals surface area contributed by atoms with E-state index in [4.69, 9.17) is 14.2 Å². The van der Waals surface area contributed by atoms with Gasteiger partial charge in [0, 0.05) is 54.5 Å². The molecule has 37 heavy (non-hydrogen) atoms. The van der Waals surface area contributed by atoms with E-state index in [0.29, 0.717) is 12.1 Å². The molecule has 1 saturated carbocycles. The van der Waals surface area contributed by atoms with Crippen molar-refractivity contribution in [1.82, 2.24) is 20.4 Å². The molecule has 3 heterocycles. The van der Waals surface area contributed by atoms with Crippen molar-refractivity contribution >= 4 is 16.8 Å². The van der Waals surface area contributed by atoms with Gasteiger partial charge in [-0.3, -0.25) is 14.8 Å². The first-order valence-corrected chi connectivity index (χ1v) is 13.6. The van der Waals surface area contributed by atoms with Gasteiger partial charge in [-0.1, -0.05) is 12.8 Å². The maximum absolute atomic E-state index is 13.3. The van der Waals surface area contributed by atoms with E-state index in [9.17, 15) is 4.79 Å². The first-order valence-electron chi connectivity index (χ1n) is 13.6. The van der Waals surface area contributed by atoms with Gasteiger partial charge >= 0.3 is 0 Å². The van der Waals surface area contributed by atoms with E-state index in [1.54, 1.807) is 0 Å². The van der Waals surface area contributed by atoms with Gasteiger partial charge in [0.05, 0.1) is 37.6 Å². The van der Waals surface area contributed by atoms with Crippen LogP contribution in [0.4, 0.5) is 0 Å². The topological polar surface area (TPSA) is 88.7 Å². The molecule has 8 nitrogen and oxygen atoms in total. The van der Waals surface area contributed by atoms with Crippen molar-refractivity contribution in [3.63, 3.8) is 0 Å². The third-order valence-electron chi connectivity index (χ3n) is 8.22. The zero-order valence-electron chi connectivity index (χ0n) is 21.3. The minimum atomic E-state index is -0.0335. The molecular weight excluding hydrogens is 468 g/mol. The van der Waals surface area contributed by atoms with Crippen LogP contribution in [-0.4, -0.2) is 78.7 Å². The quantitative estimate of drug-likeness (QED) is 0.502. The average Bonchev–Trinajstić information content (AvgIpc) is 3.61. The van der Waals surface area contributed by atoms with Crippen molar-refractivity contribution in [2.45, 2.75) is 50.2 Å². The van der Waals surface area contributed by atoms with Gasteiger partial charge in [-0.25, -0.2) is 0 Å². The van der Waals surface area contributed by atoms with Crippen LogP contribution in [0.1, 0.15) is 48.9 Å². The summed E-state index contributed by atoms with van der Waals surface area (Å²) in [5.41, 5.74) is 3.45. The maximum Gasteiger partial charge on any atom is 0.251 e. The van der Waals surface area contributed by atoms with Crippen molar-refractivity contribution in [3.8, 4) is 17.0 Å². The summed E-state index contributed by atoms with van der Waals surface area (Å²) in [5, 5.41) is 11.9. The summed E-state index contributed by atoms with van der Waals surface area (Å²) in [4.78, 5) is 15.8. The van der Waals surface area contributed by atoms with Gasteiger partial charge in [0.25, 0.3) is 5.91 Å². The Labute approximate surface area is 217 Å².